The number of halogens is 1. The van der Waals surface area contributed by atoms with Crippen molar-refractivity contribution in [2.75, 3.05) is 25.1 Å². The van der Waals surface area contributed by atoms with E-state index in [1.165, 1.54) is 7.11 Å². The molecule has 1 aliphatic heterocycles. The van der Waals surface area contributed by atoms with Crippen molar-refractivity contribution >= 4 is 28.9 Å². The number of fused-ring (bicyclic) bond motifs is 1. The molecular formula is C19H18ClN3O2. The number of pyridine rings is 1. The summed E-state index contributed by atoms with van der Waals surface area (Å²) in [6.07, 6.45) is 2.00. The van der Waals surface area contributed by atoms with Crippen LogP contribution in [0.15, 0.2) is 42.6 Å². The molecule has 1 aliphatic rings. The molecule has 128 valence electrons. The van der Waals surface area contributed by atoms with Gasteiger partial charge in [-0.2, -0.15) is 0 Å². The van der Waals surface area contributed by atoms with Crippen LogP contribution < -0.4 is 4.90 Å². The van der Waals surface area contributed by atoms with E-state index in [1.807, 2.05) is 49.5 Å². The molecule has 0 atom stereocenters. The van der Waals surface area contributed by atoms with Gasteiger partial charge in [0.2, 0.25) is 0 Å². The molecule has 0 amide bonds. The number of ether oxygens (including phenoxy) is 1. The third kappa shape index (κ3) is 2.65. The van der Waals surface area contributed by atoms with Gasteiger partial charge in [0.1, 0.15) is 5.65 Å². The van der Waals surface area contributed by atoms with Crippen LogP contribution in [0, 0.1) is 12.8 Å². The number of hydrogen-bond acceptors (Lipinski definition) is 4. The molecule has 0 aliphatic carbocycles. The van der Waals surface area contributed by atoms with Crippen LogP contribution in [-0.2, 0) is 9.53 Å². The Balaban J connectivity index is 1.69. The maximum atomic E-state index is 11.6. The highest BCUT2D eigenvalue weighted by Crippen LogP contribution is 2.35. The van der Waals surface area contributed by atoms with Crippen molar-refractivity contribution in [3.05, 3.63) is 53.3 Å². The second-order valence-corrected chi connectivity index (χ2v) is 6.67. The minimum atomic E-state index is -0.151. The van der Waals surface area contributed by atoms with E-state index in [-0.39, 0.29) is 11.9 Å². The van der Waals surface area contributed by atoms with E-state index in [0.717, 1.165) is 28.3 Å². The lowest BCUT2D eigenvalue weighted by Crippen LogP contribution is -2.50. The van der Waals surface area contributed by atoms with Crippen molar-refractivity contribution in [2.45, 2.75) is 6.92 Å². The van der Waals surface area contributed by atoms with Gasteiger partial charge in [0.05, 0.1) is 23.7 Å². The number of esters is 1. The first kappa shape index (κ1) is 16.0. The molecule has 4 rings (SSSR count). The Labute approximate surface area is 150 Å². The minimum absolute atomic E-state index is 0.0546. The van der Waals surface area contributed by atoms with Crippen molar-refractivity contribution in [1.82, 2.24) is 9.38 Å². The molecule has 3 aromatic rings. The molecule has 1 aromatic carbocycles. The fraction of sp³-hybridized carbons (Fsp3) is 0.263. The fourth-order valence-electron chi connectivity index (χ4n) is 3.27. The Morgan fingerprint density at radius 2 is 2.08 bits per heavy atom. The number of rotatable bonds is 3. The molecule has 1 saturated heterocycles. The van der Waals surface area contributed by atoms with Crippen LogP contribution in [0.2, 0.25) is 5.02 Å². The first-order valence-corrected chi connectivity index (χ1v) is 8.52. The summed E-state index contributed by atoms with van der Waals surface area (Å²) in [7, 11) is 1.43. The zero-order chi connectivity index (χ0) is 17.6. The quantitative estimate of drug-likeness (QED) is 0.674. The van der Waals surface area contributed by atoms with E-state index in [9.17, 15) is 4.79 Å². The number of imidazole rings is 1. The van der Waals surface area contributed by atoms with Gasteiger partial charge < -0.3 is 14.0 Å². The SMILES string of the molecule is COC(=O)C1CN(c2ccc(Cl)c(-c3nc4ccccn4c3C)c2)C1. The highest BCUT2D eigenvalue weighted by molar-refractivity contribution is 6.33. The lowest BCUT2D eigenvalue weighted by molar-refractivity contribution is -0.146. The first-order valence-electron chi connectivity index (χ1n) is 8.15. The van der Waals surface area contributed by atoms with Crippen LogP contribution >= 0.6 is 11.6 Å². The maximum absolute atomic E-state index is 11.6. The van der Waals surface area contributed by atoms with Crippen molar-refractivity contribution in [3.8, 4) is 11.3 Å². The lowest BCUT2D eigenvalue weighted by atomic mass is 9.98. The van der Waals surface area contributed by atoms with E-state index in [1.54, 1.807) is 0 Å². The summed E-state index contributed by atoms with van der Waals surface area (Å²) in [5.41, 5.74) is 4.76. The van der Waals surface area contributed by atoms with Crippen LogP contribution in [-0.4, -0.2) is 35.6 Å². The van der Waals surface area contributed by atoms with E-state index in [2.05, 4.69) is 9.30 Å². The van der Waals surface area contributed by atoms with E-state index in [0.29, 0.717) is 18.1 Å². The standard InChI is InChI=1S/C19H18ClN3O2/c1-12-18(21-17-5-3-4-8-23(12)17)15-9-14(6-7-16(15)20)22-10-13(11-22)19(24)25-2/h3-9,13H,10-11H2,1-2H3. The summed E-state index contributed by atoms with van der Waals surface area (Å²) in [5, 5.41) is 0.667. The zero-order valence-electron chi connectivity index (χ0n) is 14.1. The van der Waals surface area contributed by atoms with Crippen LogP contribution in [0.4, 0.5) is 5.69 Å². The molecule has 0 saturated carbocycles. The Morgan fingerprint density at radius 3 is 2.80 bits per heavy atom. The molecule has 0 radical (unpaired) electrons. The number of methoxy groups -OCH3 is 1. The summed E-state index contributed by atoms with van der Waals surface area (Å²) in [6.45, 7) is 3.37. The van der Waals surface area contributed by atoms with Gasteiger partial charge in [-0.25, -0.2) is 4.98 Å². The molecule has 0 unspecified atom stereocenters. The highest BCUT2D eigenvalue weighted by atomic mass is 35.5. The maximum Gasteiger partial charge on any atom is 0.312 e. The number of carbonyl (C=O) groups excluding carboxylic acids is 1. The van der Waals surface area contributed by atoms with Gasteiger partial charge in [-0.15, -0.1) is 0 Å². The number of hydrogen-bond donors (Lipinski definition) is 0. The smallest absolute Gasteiger partial charge is 0.312 e. The van der Waals surface area contributed by atoms with Gasteiger partial charge in [0.15, 0.2) is 0 Å². The molecule has 5 nitrogen and oxygen atoms in total. The Morgan fingerprint density at radius 1 is 1.28 bits per heavy atom. The lowest BCUT2D eigenvalue weighted by Gasteiger charge is -2.39. The molecule has 0 spiro atoms. The molecule has 2 aromatic heterocycles. The van der Waals surface area contributed by atoms with E-state index in [4.69, 9.17) is 21.3 Å². The van der Waals surface area contributed by atoms with Gasteiger partial charge in [-0.1, -0.05) is 17.7 Å². The van der Waals surface area contributed by atoms with Gasteiger partial charge in [0.25, 0.3) is 0 Å². The third-order valence-corrected chi connectivity index (χ3v) is 5.08. The largest absolute Gasteiger partial charge is 0.469 e. The number of nitrogens with zero attached hydrogens (tertiary/aromatic N) is 3. The monoisotopic (exact) mass is 355 g/mol. The van der Waals surface area contributed by atoms with Crippen LogP contribution in [0.1, 0.15) is 5.69 Å². The Hall–Kier alpha value is -2.53. The average Bonchev–Trinajstić information content (AvgIpc) is 2.92. The molecule has 3 heterocycles. The number of aromatic nitrogens is 2. The van der Waals surface area contributed by atoms with Crippen LogP contribution in [0.3, 0.4) is 0 Å². The van der Waals surface area contributed by atoms with Crippen molar-refractivity contribution in [3.63, 3.8) is 0 Å². The third-order valence-electron chi connectivity index (χ3n) is 4.76. The Kier molecular flexibility index (Phi) is 3.88. The first-order chi connectivity index (χ1) is 12.1. The summed E-state index contributed by atoms with van der Waals surface area (Å²) in [6, 6.07) is 11.8. The van der Waals surface area contributed by atoms with Crippen molar-refractivity contribution in [2.24, 2.45) is 5.92 Å². The normalized spacial score (nSPS) is 14.6. The van der Waals surface area contributed by atoms with Crippen molar-refractivity contribution < 1.29 is 9.53 Å². The average molecular weight is 356 g/mol. The molecule has 25 heavy (non-hydrogen) atoms. The molecule has 6 heteroatoms. The number of carbonyl (C=O) groups is 1. The second-order valence-electron chi connectivity index (χ2n) is 6.26. The summed E-state index contributed by atoms with van der Waals surface area (Å²) < 4.78 is 6.85. The fourth-order valence-corrected chi connectivity index (χ4v) is 3.48. The van der Waals surface area contributed by atoms with Gasteiger partial charge in [-0.3, -0.25) is 4.79 Å². The zero-order valence-corrected chi connectivity index (χ0v) is 14.8. The van der Waals surface area contributed by atoms with Crippen LogP contribution in [0.5, 0.6) is 0 Å². The second kappa shape index (κ2) is 6.08. The molecular weight excluding hydrogens is 338 g/mol. The molecule has 1 fully saturated rings. The molecule has 0 bridgehead atoms. The molecule has 0 N–H and O–H groups in total. The van der Waals surface area contributed by atoms with E-state index < -0.39 is 0 Å². The van der Waals surface area contributed by atoms with E-state index >= 15 is 0 Å². The number of anilines is 1. The predicted molar refractivity (Wildman–Crippen MR) is 98.1 cm³/mol. The summed E-state index contributed by atoms with van der Waals surface area (Å²) >= 11 is 6.46. The van der Waals surface area contributed by atoms with Gasteiger partial charge >= 0.3 is 5.97 Å². The number of benzene rings is 1. The number of aryl methyl sites for hydroxylation is 1. The topological polar surface area (TPSA) is 46.8 Å². The van der Waals surface area contributed by atoms with Gasteiger partial charge in [-0.05, 0) is 37.3 Å². The predicted octanol–water partition coefficient (Wildman–Crippen LogP) is 3.57. The van der Waals surface area contributed by atoms with Crippen molar-refractivity contribution in [1.29, 1.82) is 0 Å². The minimum Gasteiger partial charge on any atom is -0.469 e. The summed E-state index contributed by atoms with van der Waals surface area (Å²) in [5.74, 6) is -0.206. The van der Waals surface area contributed by atoms with Crippen LogP contribution in [0.25, 0.3) is 16.9 Å². The Bertz CT molecular complexity index is 960. The summed E-state index contributed by atoms with van der Waals surface area (Å²) in [4.78, 5) is 18.5. The van der Waals surface area contributed by atoms with Gasteiger partial charge in [0, 0.05) is 36.2 Å². The highest BCUT2D eigenvalue weighted by Gasteiger charge is 2.33.